The third kappa shape index (κ3) is 3.39. The monoisotopic (exact) mass is 304 g/mol. The predicted octanol–water partition coefficient (Wildman–Crippen LogP) is 2.40. The molecule has 0 amide bonds. The fraction of sp³-hybridized carbons (Fsp3) is 0.500. The van der Waals surface area contributed by atoms with Gasteiger partial charge in [0.25, 0.3) is 0 Å². The van der Waals surface area contributed by atoms with E-state index in [1.807, 2.05) is 6.07 Å². The second kappa shape index (κ2) is 7.79. The molecular formula is C16H24N4O2. The summed E-state index contributed by atoms with van der Waals surface area (Å²) >= 11 is 0. The lowest BCUT2D eigenvalue weighted by atomic mass is 10.2. The minimum Gasteiger partial charge on any atom is -0.493 e. The van der Waals surface area contributed by atoms with E-state index in [4.69, 9.17) is 9.47 Å². The molecule has 0 aliphatic heterocycles. The van der Waals surface area contributed by atoms with Crippen LogP contribution >= 0.6 is 0 Å². The van der Waals surface area contributed by atoms with E-state index in [1.165, 1.54) is 0 Å². The molecule has 6 heteroatoms. The lowest BCUT2D eigenvalue weighted by molar-refractivity contribution is 0.315. The average molecular weight is 304 g/mol. The van der Waals surface area contributed by atoms with E-state index in [2.05, 4.69) is 34.0 Å². The molecule has 2 rings (SSSR count). The Balaban J connectivity index is 2.33. The van der Waals surface area contributed by atoms with Crippen LogP contribution in [0.15, 0.2) is 18.5 Å². The third-order valence-corrected chi connectivity index (χ3v) is 3.73. The Labute approximate surface area is 131 Å². The van der Waals surface area contributed by atoms with Gasteiger partial charge in [0.15, 0.2) is 11.5 Å². The highest BCUT2D eigenvalue weighted by Gasteiger charge is 2.16. The van der Waals surface area contributed by atoms with E-state index in [9.17, 15) is 0 Å². The van der Waals surface area contributed by atoms with Gasteiger partial charge in [0.1, 0.15) is 11.2 Å². The van der Waals surface area contributed by atoms with Gasteiger partial charge in [-0.2, -0.15) is 0 Å². The molecule has 0 saturated carbocycles. The van der Waals surface area contributed by atoms with Crippen molar-refractivity contribution < 1.29 is 9.47 Å². The third-order valence-electron chi connectivity index (χ3n) is 3.73. The van der Waals surface area contributed by atoms with Crippen molar-refractivity contribution in [3.8, 4) is 11.5 Å². The highest BCUT2D eigenvalue weighted by atomic mass is 16.5. The molecule has 22 heavy (non-hydrogen) atoms. The Morgan fingerprint density at radius 3 is 2.45 bits per heavy atom. The number of rotatable bonds is 8. The molecule has 1 N–H and O–H groups in total. The van der Waals surface area contributed by atoms with Gasteiger partial charge in [-0.05, 0) is 13.1 Å². The van der Waals surface area contributed by atoms with Crippen LogP contribution in [0.3, 0.4) is 0 Å². The summed E-state index contributed by atoms with van der Waals surface area (Å²) in [6.07, 6.45) is 3.36. The summed E-state index contributed by atoms with van der Waals surface area (Å²) in [5.74, 6) is 1.32. The van der Waals surface area contributed by atoms with Gasteiger partial charge in [0.2, 0.25) is 0 Å². The summed E-state index contributed by atoms with van der Waals surface area (Å²) in [7, 11) is 3.26. The van der Waals surface area contributed by atoms with Crippen molar-refractivity contribution in [2.24, 2.45) is 0 Å². The SMILES string of the molecule is CCN(CC)CCNc1c(OC)c(OC)cc2nccnc12. The minimum atomic E-state index is 0.654. The van der Waals surface area contributed by atoms with Crippen molar-refractivity contribution in [1.82, 2.24) is 14.9 Å². The number of methoxy groups -OCH3 is 2. The van der Waals surface area contributed by atoms with Gasteiger partial charge in [-0.15, -0.1) is 0 Å². The van der Waals surface area contributed by atoms with Gasteiger partial charge in [-0.1, -0.05) is 13.8 Å². The highest BCUT2D eigenvalue weighted by molar-refractivity contribution is 5.94. The van der Waals surface area contributed by atoms with Gasteiger partial charge < -0.3 is 19.7 Å². The van der Waals surface area contributed by atoms with Gasteiger partial charge in [0, 0.05) is 31.5 Å². The Morgan fingerprint density at radius 2 is 1.82 bits per heavy atom. The number of aromatic nitrogens is 2. The first kappa shape index (κ1) is 16.3. The standard InChI is InChI=1S/C16H24N4O2/c1-5-20(6-2)10-9-19-15-14-12(17-7-8-18-14)11-13(21-3)16(15)22-4/h7-8,11,19H,5-6,9-10H2,1-4H3. The Morgan fingerprint density at radius 1 is 1.09 bits per heavy atom. The molecule has 0 bridgehead atoms. The largest absolute Gasteiger partial charge is 0.493 e. The van der Waals surface area contributed by atoms with Crippen molar-refractivity contribution in [2.45, 2.75) is 13.8 Å². The second-order valence-electron chi connectivity index (χ2n) is 4.86. The van der Waals surface area contributed by atoms with E-state index in [-0.39, 0.29) is 0 Å². The molecule has 0 unspecified atom stereocenters. The van der Waals surface area contributed by atoms with E-state index in [0.29, 0.717) is 11.5 Å². The van der Waals surface area contributed by atoms with Crippen molar-refractivity contribution >= 4 is 16.7 Å². The Bertz CT molecular complexity index is 614. The van der Waals surface area contributed by atoms with Crippen LogP contribution in [-0.4, -0.2) is 55.3 Å². The summed E-state index contributed by atoms with van der Waals surface area (Å²) in [6.45, 7) is 8.15. The zero-order valence-electron chi connectivity index (χ0n) is 13.7. The number of anilines is 1. The number of hydrogen-bond donors (Lipinski definition) is 1. The molecule has 0 spiro atoms. The molecule has 1 aromatic carbocycles. The predicted molar refractivity (Wildman–Crippen MR) is 88.9 cm³/mol. The number of nitrogens with zero attached hydrogens (tertiary/aromatic N) is 3. The summed E-state index contributed by atoms with van der Waals surface area (Å²) in [4.78, 5) is 11.1. The van der Waals surface area contributed by atoms with Crippen LogP contribution in [0.4, 0.5) is 5.69 Å². The van der Waals surface area contributed by atoms with Crippen LogP contribution < -0.4 is 14.8 Å². The van der Waals surface area contributed by atoms with Crippen LogP contribution in [0.2, 0.25) is 0 Å². The molecule has 1 heterocycles. The molecule has 0 fully saturated rings. The smallest absolute Gasteiger partial charge is 0.186 e. The number of nitrogens with one attached hydrogen (secondary N) is 1. The molecule has 6 nitrogen and oxygen atoms in total. The quantitative estimate of drug-likeness (QED) is 0.808. The summed E-state index contributed by atoms with van der Waals surface area (Å²) in [5, 5.41) is 3.43. The molecule has 0 atom stereocenters. The molecule has 0 aliphatic carbocycles. The maximum atomic E-state index is 5.52. The van der Waals surface area contributed by atoms with Crippen molar-refractivity contribution in [3.05, 3.63) is 18.5 Å². The van der Waals surface area contributed by atoms with E-state index in [0.717, 1.165) is 42.9 Å². The number of ether oxygens (including phenoxy) is 2. The number of fused-ring (bicyclic) bond motifs is 1. The van der Waals surface area contributed by atoms with Gasteiger partial charge >= 0.3 is 0 Å². The molecule has 1 aromatic heterocycles. The van der Waals surface area contributed by atoms with Crippen LogP contribution in [0, 0.1) is 0 Å². The first-order valence-corrected chi connectivity index (χ1v) is 7.57. The van der Waals surface area contributed by atoms with E-state index >= 15 is 0 Å². The molecule has 0 saturated heterocycles. The number of hydrogen-bond acceptors (Lipinski definition) is 6. The molecular weight excluding hydrogens is 280 g/mol. The molecule has 0 radical (unpaired) electrons. The normalized spacial score (nSPS) is 11.0. The second-order valence-corrected chi connectivity index (χ2v) is 4.86. The molecule has 120 valence electrons. The average Bonchev–Trinajstić information content (AvgIpc) is 2.57. The summed E-state index contributed by atoms with van der Waals surface area (Å²) in [6, 6.07) is 1.84. The number of likely N-dealkylation sites (N-methyl/N-ethyl adjacent to an activating group) is 1. The summed E-state index contributed by atoms with van der Waals surface area (Å²) in [5.41, 5.74) is 2.40. The van der Waals surface area contributed by atoms with Gasteiger partial charge in [0.05, 0.1) is 19.7 Å². The zero-order chi connectivity index (χ0) is 15.9. The van der Waals surface area contributed by atoms with Crippen molar-refractivity contribution in [3.63, 3.8) is 0 Å². The minimum absolute atomic E-state index is 0.654. The molecule has 2 aromatic rings. The highest BCUT2D eigenvalue weighted by Crippen LogP contribution is 2.39. The Hall–Kier alpha value is -2.08. The lowest BCUT2D eigenvalue weighted by Gasteiger charge is -2.20. The lowest BCUT2D eigenvalue weighted by Crippen LogP contribution is -2.28. The fourth-order valence-electron chi connectivity index (χ4n) is 2.46. The van der Waals surface area contributed by atoms with Crippen LogP contribution in [0.1, 0.15) is 13.8 Å². The topological polar surface area (TPSA) is 59.5 Å². The van der Waals surface area contributed by atoms with Crippen molar-refractivity contribution in [2.75, 3.05) is 45.7 Å². The van der Waals surface area contributed by atoms with Gasteiger partial charge in [-0.25, -0.2) is 0 Å². The van der Waals surface area contributed by atoms with Crippen LogP contribution in [0.5, 0.6) is 11.5 Å². The van der Waals surface area contributed by atoms with Crippen LogP contribution in [-0.2, 0) is 0 Å². The first-order chi connectivity index (χ1) is 10.7. The maximum absolute atomic E-state index is 5.52. The Kier molecular flexibility index (Phi) is 5.77. The molecule has 0 aliphatic rings. The maximum Gasteiger partial charge on any atom is 0.186 e. The summed E-state index contributed by atoms with van der Waals surface area (Å²) < 4.78 is 10.9. The van der Waals surface area contributed by atoms with Crippen LogP contribution in [0.25, 0.3) is 11.0 Å². The zero-order valence-corrected chi connectivity index (χ0v) is 13.7. The van der Waals surface area contributed by atoms with E-state index < -0.39 is 0 Å². The first-order valence-electron chi connectivity index (χ1n) is 7.57. The van der Waals surface area contributed by atoms with Crippen molar-refractivity contribution in [1.29, 1.82) is 0 Å². The van der Waals surface area contributed by atoms with E-state index in [1.54, 1.807) is 26.6 Å². The number of benzene rings is 1. The van der Waals surface area contributed by atoms with Gasteiger partial charge in [-0.3, -0.25) is 9.97 Å². The fourth-order valence-corrected chi connectivity index (χ4v) is 2.46.